The topological polar surface area (TPSA) is 64.6 Å². The zero-order chi connectivity index (χ0) is 17.4. The molecule has 0 aromatic heterocycles. The molecule has 1 heterocycles. The summed E-state index contributed by atoms with van der Waals surface area (Å²) in [4.78, 5) is 14.8. The van der Waals surface area contributed by atoms with E-state index in [2.05, 4.69) is 27.7 Å². The van der Waals surface area contributed by atoms with Gasteiger partial charge in [-0.15, -0.1) is 0 Å². The molecule has 2 atom stereocenters. The van der Waals surface area contributed by atoms with Gasteiger partial charge < -0.3 is 15.7 Å². The SMILES string of the molecule is CCC(C)(CCO)NC(=O)NCC(c1ccccc1)N1CCCC1. The third kappa shape index (κ3) is 5.21. The van der Waals surface area contributed by atoms with Gasteiger partial charge in [0.25, 0.3) is 0 Å². The molecule has 0 spiro atoms. The van der Waals surface area contributed by atoms with Crippen LogP contribution in [0.5, 0.6) is 0 Å². The number of nitrogens with zero attached hydrogens (tertiary/aromatic N) is 1. The summed E-state index contributed by atoms with van der Waals surface area (Å²) in [5, 5.41) is 15.2. The van der Waals surface area contributed by atoms with E-state index in [1.807, 2.05) is 32.0 Å². The number of likely N-dealkylation sites (tertiary alicyclic amines) is 1. The summed E-state index contributed by atoms with van der Waals surface area (Å²) < 4.78 is 0. The van der Waals surface area contributed by atoms with Crippen LogP contribution in [0.25, 0.3) is 0 Å². The Morgan fingerprint density at radius 3 is 2.54 bits per heavy atom. The second-order valence-electron chi connectivity index (χ2n) is 6.89. The van der Waals surface area contributed by atoms with Gasteiger partial charge in [-0.2, -0.15) is 0 Å². The lowest BCUT2D eigenvalue weighted by molar-refractivity contribution is 0.194. The van der Waals surface area contributed by atoms with Crippen molar-refractivity contribution in [1.29, 1.82) is 0 Å². The molecule has 2 unspecified atom stereocenters. The fraction of sp³-hybridized carbons (Fsp3) is 0.632. The van der Waals surface area contributed by atoms with E-state index in [1.54, 1.807) is 0 Å². The summed E-state index contributed by atoms with van der Waals surface area (Å²) in [7, 11) is 0. The van der Waals surface area contributed by atoms with Crippen LogP contribution in [0.4, 0.5) is 4.79 Å². The van der Waals surface area contributed by atoms with Gasteiger partial charge in [-0.1, -0.05) is 37.3 Å². The van der Waals surface area contributed by atoms with Crippen molar-refractivity contribution < 1.29 is 9.90 Å². The van der Waals surface area contributed by atoms with E-state index in [4.69, 9.17) is 0 Å². The van der Waals surface area contributed by atoms with Crippen LogP contribution in [0.2, 0.25) is 0 Å². The number of hydrogen-bond donors (Lipinski definition) is 3. The molecule has 3 N–H and O–H groups in total. The van der Waals surface area contributed by atoms with Crippen molar-refractivity contribution in [2.24, 2.45) is 0 Å². The Kier molecular flexibility index (Phi) is 7.06. The van der Waals surface area contributed by atoms with Crippen LogP contribution in [0.1, 0.15) is 51.1 Å². The van der Waals surface area contributed by atoms with Gasteiger partial charge in [0.1, 0.15) is 0 Å². The molecule has 134 valence electrons. The quantitative estimate of drug-likeness (QED) is 0.685. The summed E-state index contributed by atoms with van der Waals surface area (Å²) in [6.07, 6.45) is 3.79. The number of amides is 2. The Morgan fingerprint density at radius 1 is 1.29 bits per heavy atom. The number of carbonyl (C=O) groups is 1. The summed E-state index contributed by atoms with van der Waals surface area (Å²) in [6, 6.07) is 10.4. The van der Waals surface area contributed by atoms with Gasteiger partial charge >= 0.3 is 6.03 Å². The Morgan fingerprint density at radius 2 is 1.96 bits per heavy atom. The highest BCUT2D eigenvalue weighted by atomic mass is 16.3. The minimum atomic E-state index is -0.366. The number of carbonyl (C=O) groups excluding carboxylic acids is 1. The van der Waals surface area contributed by atoms with Crippen LogP contribution < -0.4 is 10.6 Å². The summed E-state index contributed by atoms with van der Waals surface area (Å²) in [5.74, 6) is 0. The van der Waals surface area contributed by atoms with Crippen LogP contribution in [0.3, 0.4) is 0 Å². The first-order valence-electron chi connectivity index (χ1n) is 9.04. The highest BCUT2D eigenvalue weighted by Crippen LogP contribution is 2.24. The summed E-state index contributed by atoms with van der Waals surface area (Å²) >= 11 is 0. The Bertz CT molecular complexity index is 503. The van der Waals surface area contributed by atoms with Crippen molar-refractivity contribution in [1.82, 2.24) is 15.5 Å². The lowest BCUT2D eigenvalue weighted by atomic mass is 9.95. The predicted octanol–water partition coefficient (Wildman–Crippen LogP) is 2.67. The molecule has 24 heavy (non-hydrogen) atoms. The van der Waals surface area contributed by atoms with Gasteiger partial charge in [0.2, 0.25) is 0 Å². The first-order chi connectivity index (χ1) is 11.6. The number of aliphatic hydroxyl groups is 1. The van der Waals surface area contributed by atoms with E-state index in [0.29, 0.717) is 13.0 Å². The maximum Gasteiger partial charge on any atom is 0.315 e. The normalized spacial score (nSPS) is 18.8. The van der Waals surface area contributed by atoms with E-state index >= 15 is 0 Å². The van der Waals surface area contributed by atoms with E-state index in [0.717, 1.165) is 19.5 Å². The summed E-state index contributed by atoms with van der Waals surface area (Å²) in [5.41, 5.74) is 0.877. The molecule has 0 bridgehead atoms. The standard InChI is InChI=1S/C19H31N3O2/c1-3-19(2,11-14-23)21-18(24)20-15-17(22-12-7-8-13-22)16-9-5-4-6-10-16/h4-6,9-10,17,23H,3,7-8,11-15H2,1-2H3,(H2,20,21,24). The highest BCUT2D eigenvalue weighted by molar-refractivity contribution is 5.74. The monoisotopic (exact) mass is 333 g/mol. The third-order valence-corrected chi connectivity index (χ3v) is 5.08. The number of benzene rings is 1. The van der Waals surface area contributed by atoms with Gasteiger partial charge in [-0.05, 0) is 51.3 Å². The fourth-order valence-corrected chi connectivity index (χ4v) is 3.27. The van der Waals surface area contributed by atoms with Crippen molar-refractivity contribution in [3.05, 3.63) is 35.9 Å². The average molecular weight is 333 g/mol. The molecular formula is C19H31N3O2. The first-order valence-corrected chi connectivity index (χ1v) is 9.04. The van der Waals surface area contributed by atoms with Crippen molar-refractivity contribution in [3.8, 4) is 0 Å². The molecule has 5 heteroatoms. The zero-order valence-corrected chi connectivity index (χ0v) is 14.9. The van der Waals surface area contributed by atoms with Gasteiger partial charge in [0.05, 0.1) is 6.04 Å². The van der Waals surface area contributed by atoms with Crippen molar-refractivity contribution in [2.45, 2.75) is 51.1 Å². The minimum absolute atomic E-state index is 0.0744. The maximum atomic E-state index is 12.3. The van der Waals surface area contributed by atoms with Crippen molar-refractivity contribution >= 4 is 6.03 Å². The molecule has 1 aromatic rings. The number of rotatable bonds is 8. The molecule has 1 aromatic carbocycles. The molecule has 2 amide bonds. The Balaban J connectivity index is 1.96. The van der Waals surface area contributed by atoms with Gasteiger partial charge in [-0.3, -0.25) is 4.90 Å². The molecule has 1 fully saturated rings. The Hall–Kier alpha value is -1.59. The molecule has 1 aliphatic rings. The van der Waals surface area contributed by atoms with Crippen LogP contribution in [-0.2, 0) is 0 Å². The molecule has 5 nitrogen and oxygen atoms in total. The second-order valence-corrected chi connectivity index (χ2v) is 6.89. The summed E-state index contributed by atoms with van der Waals surface area (Å²) in [6.45, 7) is 6.82. The molecule has 0 radical (unpaired) electrons. The minimum Gasteiger partial charge on any atom is -0.396 e. The van der Waals surface area contributed by atoms with Crippen LogP contribution in [0, 0.1) is 0 Å². The highest BCUT2D eigenvalue weighted by Gasteiger charge is 2.26. The first kappa shape index (κ1) is 18.7. The zero-order valence-electron chi connectivity index (χ0n) is 14.9. The average Bonchev–Trinajstić information content (AvgIpc) is 3.10. The van der Waals surface area contributed by atoms with E-state index in [1.165, 1.54) is 18.4 Å². The number of nitrogens with one attached hydrogen (secondary N) is 2. The molecule has 0 aliphatic carbocycles. The smallest absolute Gasteiger partial charge is 0.315 e. The molecule has 1 aliphatic heterocycles. The maximum absolute atomic E-state index is 12.3. The number of urea groups is 1. The van der Waals surface area contributed by atoms with Crippen LogP contribution in [0.15, 0.2) is 30.3 Å². The van der Waals surface area contributed by atoms with Gasteiger partial charge in [0.15, 0.2) is 0 Å². The van der Waals surface area contributed by atoms with E-state index < -0.39 is 0 Å². The Labute approximate surface area is 145 Å². The van der Waals surface area contributed by atoms with Crippen LogP contribution in [-0.4, -0.2) is 47.8 Å². The third-order valence-electron chi connectivity index (χ3n) is 5.08. The van der Waals surface area contributed by atoms with Gasteiger partial charge in [0, 0.05) is 18.7 Å². The molecule has 1 saturated heterocycles. The number of hydrogen-bond acceptors (Lipinski definition) is 3. The van der Waals surface area contributed by atoms with Crippen molar-refractivity contribution in [2.75, 3.05) is 26.2 Å². The predicted molar refractivity (Wildman–Crippen MR) is 96.9 cm³/mol. The molecule has 2 rings (SSSR count). The lowest BCUT2D eigenvalue weighted by Crippen LogP contribution is -2.51. The molecular weight excluding hydrogens is 302 g/mol. The van der Waals surface area contributed by atoms with E-state index in [-0.39, 0.29) is 24.2 Å². The largest absolute Gasteiger partial charge is 0.396 e. The lowest BCUT2D eigenvalue weighted by Gasteiger charge is -2.31. The van der Waals surface area contributed by atoms with Crippen molar-refractivity contribution in [3.63, 3.8) is 0 Å². The van der Waals surface area contributed by atoms with Gasteiger partial charge in [-0.25, -0.2) is 4.79 Å². The fourth-order valence-electron chi connectivity index (χ4n) is 3.27. The second kappa shape index (κ2) is 9.04. The van der Waals surface area contributed by atoms with E-state index in [9.17, 15) is 9.90 Å². The molecule has 0 saturated carbocycles. The number of aliphatic hydroxyl groups excluding tert-OH is 1. The van der Waals surface area contributed by atoms with Crippen LogP contribution >= 0.6 is 0 Å².